The standard InChI is InChI=1S/C9H22B3N3/c1-4-6-9(3,7-5-2)8-12-14-10-13-11-15-12/h13-15H,4-8H2,1-3H3. The average Bonchev–Trinajstić information content (AvgIpc) is 2.19. The summed E-state index contributed by atoms with van der Waals surface area (Å²) in [5, 5.41) is 9.62. The van der Waals surface area contributed by atoms with Crippen molar-refractivity contribution in [1.29, 1.82) is 0 Å². The van der Waals surface area contributed by atoms with Gasteiger partial charge in [-0.2, -0.15) is 0 Å². The first kappa shape index (κ1) is 13.1. The maximum absolute atomic E-state index is 3.31. The molecule has 3 nitrogen and oxygen atoms in total. The molecular weight excluding hydrogens is 183 g/mol. The van der Waals surface area contributed by atoms with Gasteiger partial charge < -0.3 is 15.4 Å². The SMILES string of the molecule is CCCC(C)(CCC)CB1N[B]N[B]N1. The van der Waals surface area contributed by atoms with Crippen molar-refractivity contribution < 1.29 is 0 Å². The summed E-state index contributed by atoms with van der Waals surface area (Å²) in [4.78, 5) is 0. The molecule has 0 atom stereocenters. The fourth-order valence-electron chi connectivity index (χ4n) is 2.53. The highest BCUT2D eigenvalue weighted by atomic mass is 15.0. The molecule has 82 valence electrons. The van der Waals surface area contributed by atoms with Gasteiger partial charge in [-0.3, -0.25) is 0 Å². The quantitative estimate of drug-likeness (QED) is 0.564. The maximum atomic E-state index is 3.31. The Labute approximate surface area is 96.2 Å². The average molecular weight is 205 g/mol. The number of hydrogen-bond acceptors (Lipinski definition) is 3. The van der Waals surface area contributed by atoms with E-state index in [9.17, 15) is 0 Å². The van der Waals surface area contributed by atoms with Crippen LogP contribution >= 0.6 is 0 Å². The van der Waals surface area contributed by atoms with Crippen molar-refractivity contribution >= 4 is 22.1 Å². The highest BCUT2D eigenvalue weighted by Gasteiger charge is 2.30. The Morgan fingerprint density at radius 2 is 1.60 bits per heavy atom. The van der Waals surface area contributed by atoms with Crippen LogP contribution in [0.25, 0.3) is 0 Å². The van der Waals surface area contributed by atoms with Gasteiger partial charge >= 0.3 is 0 Å². The maximum Gasteiger partial charge on any atom is 0.284 e. The number of hydrogen-bond donors (Lipinski definition) is 3. The van der Waals surface area contributed by atoms with E-state index in [0.29, 0.717) is 12.4 Å². The molecule has 1 heterocycles. The molecule has 3 N–H and O–H groups in total. The van der Waals surface area contributed by atoms with Crippen LogP contribution in [0.2, 0.25) is 6.32 Å². The third kappa shape index (κ3) is 4.62. The Morgan fingerprint density at radius 3 is 2.07 bits per heavy atom. The zero-order valence-corrected chi connectivity index (χ0v) is 10.3. The van der Waals surface area contributed by atoms with E-state index in [1.807, 2.05) is 15.1 Å². The molecule has 0 amide bonds. The molecule has 2 radical (unpaired) electrons. The Hall–Kier alpha value is 0.0748. The summed E-state index contributed by atoms with van der Waals surface area (Å²) >= 11 is 0. The molecule has 1 aliphatic rings. The van der Waals surface area contributed by atoms with Crippen molar-refractivity contribution in [2.75, 3.05) is 0 Å². The molecule has 0 spiro atoms. The first-order valence-corrected chi connectivity index (χ1v) is 6.12. The zero-order chi connectivity index (χ0) is 11.1. The van der Waals surface area contributed by atoms with E-state index < -0.39 is 0 Å². The molecule has 0 saturated carbocycles. The van der Waals surface area contributed by atoms with Gasteiger partial charge in [0, 0.05) is 0 Å². The van der Waals surface area contributed by atoms with Crippen molar-refractivity contribution in [3.63, 3.8) is 0 Å². The van der Waals surface area contributed by atoms with E-state index in [-0.39, 0.29) is 0 Å². The summed E-state index contributed by atoms with van der Waals surface area (Å²) < 4.78 is 0. The van der Waals surface area contributed by atoms with Crippen molar-refractivity contribution in [1.82, 2.24) is 15.4 Å². The smallest absolute Gasteiger partial charge is 0.284 e. The molecule has 0 bridgehead atoms. The minimum absolute atomic E-state index is 0.384. The predicted molar refractivity (Wildman–Crippen MR) is 69.4 cm³/mol. The Bertz CT molecular complexity index is 168. The van der Waals surface area contributed by atoms with Gasteiger partial charge in [-0.15, -0.1) is 0 Å². The Balaban J connectivity index is 2.40. The van der Waals surface area contributed by atoms with Gasteiger partial charge in [-0.1, -0.05) is 33.6 Å². The molecule has 1 saturated heterocycles. The van der Waals surface area contributed by atoms with Crippen LogP contribution in [0.1, 0.15) is 46.5 Å². The van der Waals surface area contributed by atoms with Gasteiger partial charge in [-0.05, 0) is 24.6 Å². The van der Waals surface area contributed by atoms with Gasteiger partial charge in [0.15, 0.2) is 0 Å². The minimum atomic E-state index is 0.384. The Kier molecular flexibility index (Phi) is 5.79. The van der Waals surface area contributed by atoms with Crippen LogP contribution in [0.15, 0.2) is 0 Å². The molecule has 1 aliphatic heterocycles. The van der Waals surface area contributed by atoms with Crippen LogP contribution < -0.4 is 15.4 Å². The Morgan fingerprint density at radius 1 is 1.07 bits per heavy atom. The van der Waals surface area contributed by atoms with Gasteiger partial charge in [0.05, 0.1) is 0 Å². The fraction of sp³-hybridized carbons (Fsp3) is 1.00. The third-order valence-electron chi connectivity index (χ3n) is 3.14. The van der Waals surface area contributed by atoms with Gasteiger partial charge in [0.1, 0.15) is 0 Å². The lowest BCUT2D eigenvalue weighted by molar-refractivity contribution is 0.297. The van der Waals surface area contributed by atoms with Crippen LogP contribution in [0.3, 0.4) is 0 Å². The molecule has 1 rings (SSSR count). The molecule has 0 aromatic carbocycles. The van der Waals surface area contributed by atoms with E-state index in [2.05, 4.69) is 36.2 Å². The summed E-state index contributed by atoms with van der Waals surface area (Å²) in [6.07, 6.45) is 6.36. The summed E-state index contributed by atoms with van der Waals surface area (Å²) in [5.41, 5.74) is 0.465. The first-order valence-electron chi connectivity index (χ1n) is 6.12. The molecule has 0 aromatic heterocycles. The highest BCUT2D eigenvalue weighted by Crippen LogP contribution is 2.34. The van der Waals surface area contributed by atoms with Gasteiger partial charge in [0.25, 0.3) is 22.1 Å². The number of rotatable bonds is 6. The summed E-state index contributed by atoms with van der Waals surface area (Å²) in [6, 6.07) is 0. The van der Waals surface area contributed by atoms with Crippen LogP contribution in [0.4, 0.5) is 0 Å². The topological polar surface area (TPSA) is 36.1 Å². The van der Waals surface area contributed by atoms with E-state index in [4.69, 9.17) is 0 Å². The molecule has 0 aromatic rings. The summed E-state index contributed by atoms with van der Waals surface area (Å²) in [5.74, 6) is 0. The van der Waals surface area contributed by atoms with E-state index >= 15 is 0 Å². The summed E-state index contributed by atoms with van der Waals surface area (Å²) in [6.45, 7) is 7.34. The van der Waals surface area contributed by atoms with E-state index in [1.54, 1.807) is 0 Å². The van der Waals surface area contributed by atoms with E-state index in [0.717, 1.165) is 0 Å². The minimum Gasteiger partial charge on any atom is -0.379 e. The van der Waals surface area contributed by atoms with E-state index in [1.165, 1.54) is 32.0 Å². The lowest BCUT2D eigenvalue weighted by atomic mass is 9.54. The second-order valence-electron chi connectivity index (χ2n) is 4.86. The van der Waals surface area contributed by atoms with Crippen molar-refractivity contribution in [2.45, 2.75) is 52.8 Å². The lowest BCUT2D eigenvalue weighted by Gasteiger charge is -2.33. The van der Waals surface area contributed by atoms with Crippen molar-refractivity contribution in [3.8, 4) is 0 Å². The number of nitrogens with one attached hydrogen (secondary N) is 3. The van der Waals surface area contributed by atoms with Gasteiger partial charge in [0.2, 0.25) is 0 Å². The lowest BCUT2D eigenvalue weighted by Crippen LogP contribution is -2.64. The van der Waals surface area contributed by atoms with Crippen LogP contribution in [-0.2, 0) is 0 Å². The molecular formula is C9H22B3N3. The third-order valence-corrected chi connectivity index (χ3v) is 3.14. The fourth-order valence-corrected chi connectivity index (χ4v) is 2.53. The normalized spacial score (nSPS) is 17.1. The highest BCUT2D eigenvalue weighted by molar-refractivity contribution is 6.75. The first-order chi connectivity index (χ1) is 7.20. The van der Waals surface area contributed by atoms with Crippen LogP contribution in [0.5, 0.6) is 0 Å². The predicted octanol–water partition coefficient (Wildman–Crippen LogP) is 0.932. The second-order valence-corrected chi connectivity index (χ2v) is 4.86. The molecule has 0 aliphatic carbocycles. The van der Waals surface area contributed by atoms with Crippen LogP contribution in [-0.4, -0.2) is 22.1 Å². The van der Waals surface area contributed by atoms with Gasteiger partial charge in [-0.25, -0.2) is 0 Å². The largest absolute Gasteiger partial charge is 0.379 e. The molecule has 6 heteroatoms. The zero-order valence-electron chi connectivity index (χ0n) is 10.3. The second kappa shape index (κ2) is 6.61. The van der Waals surface area contributed by atoms with Crippen LogP contribution in [0, 0.1) is 5.41 Å². The summed E-state index contributed by atoms with van der Waals surface area (Å²) in [7, 11) is 3.80. The monoisotopic (exact) mass is 205 g/mol. The molecule has 15 heavy (non-hydrogen) atoms. The van der Waals surface area contributed by atoms with Crippen molar-refractivity contribution in [2.24, 2.45) is 5.41 Å². The van der Waals surface area contributed by atoms with Crippen molar-refractivity contribution in [3.05, 3.63) is 0 Å². The molecule has 1 fully saturated rings. The molecule has 0 unspecified atom stereocenters.